The third-order valence-corrected chi connectivity index (χ3v) is 7.36. The topological polar surface area (TPSA) is 93.1 Å². The van der Waals surface area contributed by atoms with Crippen molar-refractivity contribution in [1.29, 1.82) is 0 Å². The number of allylic oxidation sites excluding steroid dienone is 2. The first-order chi connectivity index (χ1) is 16.7. The van der Waals surface area contributed by atoms with Gasteiger partial charge in [0.1, 0.15) is 11.9 Å². The maximum absolute atomic E-state index is 13.2. The molecule has 0 aliphatic heterocycles. The zero-order valence-electron chi connectivity index (χ0n) is 21.4. The molecule has 0 amide bonds. The van der Waals surface area contributed by atoms with Gasteiger partial charge in [0.05, 0.1) is 12.0 Å². The van der Waals surface area contributed by atoms with Gasteiger partial charge in [0.2, 0.25) is 0 Å². The van der Waals surface area contributed by atoms with E-state index in [9.17, 15) is 19.8 Å². The molecule has 0 fully saturated rings. The fraction of sp³-hybridized carbons (Fsp3) is 0.586. The van der Waals surface area contributed by atoms with Crippen LogP contribution < -0.4 is 4.74 Å². The minimum atomic E-state index is -0.807. The summed E-state index contributed by atoms with van der Waals surface area (Å²) in [5.74, 6) is -1.72. The van der Waals surface area contributed by atoms with E-state index in [0.29, 0.717) is 18.6 Å². The van der Waals surface area contributed by atoms with Crippen LogP contribution in [0.15, 0.2) is 48.1 Å². The van der Waals surface area contributed by atoms with E-state index in [1.807, 2.05) is 57.2 Å². The lowest BCUT2D eigenvalue weighted by atomic mass is 9.62. The van der Waals surface area contributed by atoms with Crippen molar-refractivity contribution in [3.8, 4) is 5.75 Å². The number of hydrogen-bond acceptors (Lipinski definition) is 5. The van der Waals surface area contributed by atoms with E-state index in [2.05, 4.69) is 6.92 Å². The van der Waals surface area contributed by atoms with Gasteiger partial charge in [-0.2, -0.15) is 0 Å². The van der Waals surface area contributed by atoms with Crippen LogP contribution in [-0.2, 0) is 14.3 Å². The van der Waals surface area contributed by atoms with E-state index in [-0.39, 0.29) is 24.2 Å². The van der Waals surface area contributed by atoms with Crippen LogP contribution in [0.2, 0.25) is 0 Å². The second-order valence-corrected chi connectivity index (χ2v) is 10.0. The Morgan fingerprint density at radius 3 is 2.49 bits per heavy atom. The molecule has 3 rings (SSSR count). The number of carbonyl (C=O) groups excluding carboxylic acids is 1. The van der Waals surface area contributed by atoms with E-state index < -0.39 is 36.2 Å². The summed E-state index contributed by atoms with van der Waals surface area (Å²) in [7, 11) is 0. The number of carboxylic acids is 1. The standard InChI is InChI=1S/C29H40O6/c1-5-7-8-9-23(28(31)32)26-19(4)12-13-20-16-21(30)17-25(27(20)26)35-29(33)24(6-2)34-22-14-10-18(3)11-15-22/h10-16,19,21,23-27,30H,5-9,17H2,1-4H3,(H,31,32). The van der Waals surface area contributed by atoms with E-state index in [4.69, 9.17) is 9.47 Å². The number of carbonyl (C=O) groups is 2. The minimum absolute atomic E-state index is 0.0158. The van der Waals surface area contributed by atoms with E-state index in [1.165, 1.54) is 0 Å². The molecule has 0 radical (unpaired) electrons. The third-order valence-electron chi connectivity index (χ3n) is 7.36. The first kappa shape index (κ1) is 27.0. The number of fused-ring (bicyclic) bond motifs is 1. The highest BCUT2D eigenvalue weighted by Gasteiger charge is 2.47. The highest BCUT2D eigenvalue weighted by Crippen LogP contribution is 2.46. The molecule has 1 aromatic rings. The number of aryl methyl sites for hydroxylation is 1. The molecule has 0 spiro atoms. The van der Waals surface area contributed by atoms with E-state index >= 15 is 0 Å². The fourth-order valence-corrected chi connectivity index (χ4v) is 5.49. The zero-order chi connectivity index (χ0) is 25.5. The Morgan fingerprint density at radius 1 is 1.14 bits per heavy atom. The van der Waals surface area contributed by atoms with Crippen molar-refractivity contribution in [2.75, 3.05) is 0 Å². The van der Waals surface area contributed by atoms with Gasteiger partial charge in [-0.15, -0.1) is 0 Å². The molecule has 35 heavy (non-hydrogen) atoms. The Hall–Kier alpha value is -2.60. The summed E-state index contributed by atoms with van der Waals surface area (Å²) in [6.45, 7) is 7.98. The molecule has 0 aromatic heterocycles. The molecule has 7 unspecified atom stereocenters. The molecule has 192 valence electrons. The van der Waals surface area contributed by atoms with Gasteiger partial charge in [0, 0.05) is 12.3 Å². The molecule has 0 heterocycles. The molecule has 1 aromatic carbocycles. The summed E-state index contributed by atoms with van der Waals surface area (Å²) < 4.78 is 11.9. The SMILES string of the molecule is CCCCCC(C(=O)O)C1C(C)C=CC2=CC(O)CC(OC(=O)C(CC)Oc3ccc(C)cc3)C21. The lowest BCUT2D eigenvalue weighted by Gasteiger charge is -2.44. The normalized spacial score (nSPS) is 27.3. The van der Waals surface area contributed by atoms with Crippen LogP contribution in [0.3, 0.4) is 0 Å². The Kier molecular flexibility index (Phi) is 9.55. The Labute approximate surface area is 209 Å². The van der Waals surface area contributed by atoms with Crippen LogP contribution in [0.1, 0.15) is 64.9 Å². The van der Waals surface area contributed by atoms with Gasteiger partial charge in [-0.25, -0.2) is 4.79 Å². The van der Waals surface area contributed by atoms with E-state index in [1.54, 1.807) is 6.08 Å². The number of aliphatic carboxylic acids is 1. The Bertz CT molecular complexity index is 918. The molecule has 2 N–H and O–H groups in total. The van der Waals surface area contributed by atoms with Crippen LogP contribution in [0, 0.1) is 30.6 Å². The summed E-state index contributed by atoms with van der Waals surface area (Å²) in [6.07, 6.45) is 7.76. The van der Waals surface area contributed by atoms with Crippen molar-refractivity contribution in [3.05, 3.63) is 53.6 Å². The summed E-state index contributed by atoms with van der Waals surface area (Å²) >= 11 is 0. The van der Waals surface area contributed by atoms with Crippen molar-refractivity contribution in [2.24, 2.45) is 23.7 Å². The monoisotopic (exact) mass is 484 g/mol. The van der Waals surface area contributed by atoms with Crippen LogP contribution >= 0.6 is 0 Å². The van der Waals surface area contributed by atoms with Gasteiger partial charge in [0.15, 0.2) is 6.10 Å². The van der Waals surface area contributed by atoms with Crippen LogP contribution in [0.4, 0.5) is 0 Å². The second-order valence-electron chi connectivity index (χ2n) is 10.0. The average molecular weight is 485 g/mol. The predicted molar refractivity (Wildman–Crippen MR) is 135 cm³/mol. The molecular formula is C29H40O6. The number of esters is 1. The summed E-state index contributed by atoms with van der Waals surface area (Å²) in [5.41, 5.74) is 1.96. The quantitative estimate of drug-likeness (QED) is 0.319. The maximum atomic E-state index is 13.2. The number of hydrogen-bond donors (Lipinski definition) is 2. The molecule has 6 heteroatoms. The van der Waals surface area contributed by atoms with Crippen LogP contribution in [-0.4, -0.2) is 40.5 Å². The summed E-state index contributed by atoms with van der Waals surface area (Å²) in [4.78, 5) is 25.6. The first-order valence-electron chi connectivity index (χ1n) is 13.0. The number of carboxylic acid groups (broad SMARTS) is 1. The van der Waals surface area contributed by atoms with Crippen LogP contribution in [0.25, 0.3) is 0 Å². The largest absolute Gasteiger partial charge is 0.481 e. The molecule has 2 aliphatic rings. The number of rotatable bonds is 11. The molecule has 0 saturated carbocycles. The molecule has 2 aliphatic carbocycles. The Morgan fingerprint density at radius 2 is 1.86 bits per heavy atom. The lowest BCUT2D eigenvalue weighted by molar-refractivity contribution is -0.164. The lowest BCUT2D eigenvalue weighted by Crippen LogP contribution is -2.47. The molecule has 7 atom stereocenters. The summed E-state index contributed by atoms with van der Waals surface area (Å²) in [5, 5.41) is 20.7. The minimum Gasteiger partial charge on any atom is -0.481 e. The molecule has 0 saturated heterocycles. The predicted octanol–water partition coefficient (Wildman–Crippen LogP) is 5.47. The van der Waals surface area contributed by atoms with Gasteiger partial charge < -0.3 is 19.7 Å². The van der Waals surface area contributed by atoms with Gasteiger partial charge in [0.25, 0.3) is 0 Å². The van der Waals surface area contributed by atoms with Crippen molar-refractivity contribution in [3.63, 3.8) is 0 Å². The second kappa shape index (κ2) is 12.4. The fourth-order valence-electron chi connectivity index (χ4n) is 5.49. The van der Waals surface area contributed by atoms with Gasteiger partial charge in [-0.05, 0) is 49.3 Å². The van der Waals surface area contributed by atoms with Crippen molar-refractivity contribution >= 4 is 11.9 Å². The number of benzene rings is 1. The molecule has 6 nitrogen and oxygen atoms in total. The number of aliphatic hydroxyl groups excluding tert-OH is 1. The third kappa shape index (κ3) is 6.75. The highest BCUT2D eigenvalue weighted by atomic mass is 16.6. The zero-order valence-corrected chi connectivity index (χ0v) is 21.4. The summed E-state index contributed by atoms with van der Waals surface area (Å²) in [6, 6.07) is 7.50. The first-order valence-corrected chi connectivity index (χ1v) is 13.0. The maximum Gasteiger partial charge on any atom is 0.347 e. The highest BCUT2D eigenvalue weighted by molar-refractivity contribution is 5.75. The molecular weight excluding hydrogens is 444 g/mol. The number of aliphatic hydroxyl groups is 1. The van der Waals surface area contributed by atoms with Crippen molar-refractivity contribution < 1.29 is 29.3 Å². The van der Waals surface area contributed by atoms with Gasteiger partial charge in [-0.3, -0.25) is 4.79 Å². The van der Waals surface area contributed by atoms with Crippen LogP contribution in [0.5, 0.6) is 5.75 Å². The number of unbranched alkanes of at least 4 members (excludes halogenated alkanes) is 2. The van der Waals surface area contributed by atoms with Gasteiger partial charge >= 0.3 is 11.9 Å². The van der Waals surface area contributed by atoms with Gasteiger partial charge in [-0.1, -0.05) is 76.0 Å². The average Bonchev–Trinajstić information content (AvgIpc) is 2.82. The molecule has 0 bridgehead atoms. The number of ether oxygens (including phenoxy) is 2. The van der Waals surface area contributed by atoms with Crippen molar-refractivity contribution in [1.82, 2.24) is 0 Å². The van der Waals surface area contributed by atoms with E-state index in [0.717, 1.165) is 30.4 Å². The Balaban J connectivity index is 1.83. The smallest absolute Gasteiger partial charge is 0.347 e. The van der Waals surface area contributed by atoms with Crippen molar-refractivity contribution in [2.45, 2.75) is 84.5 Å².